The maximum atomic E-state index is 12.6. The lowest BCUT2D eigenvalue weighted by Gasteiger charge is -2.32. The van der Waals surface area contributed by atoms with Crippen LogP contribution >= 0.6 is 40.1 Å². The summed E-state index contributed by atoms with van der Waals surface area (Å²) in [6, 6.07) is 6.43. The van der Waals surface area contributed by atoms with E-state index in [4.69, 9.17) is 0 Å². The number of rotatable bonds is 0. The summed E-state index contributed by atoms with van der Waals surface area (Å²) in [5.41, 5.74) is 1.23. The molecule has 1 aromatic rings. The minimum Gasteiger partial charge on any atom is -0.322 e. The lowest BCUT2D eigenvalue weighted by molar-refractivity contribution is 0.147. The van der Waals surface area contributed by atoms with E-state index in [-0.39, 0.29) is 18.4 Å². The van der Waals surface area contributed by atoms with Crippen LogP contribution in [0, 0.1) is 0 Å². The van der Waals surface area contributed by atoms with Crippen molar-refractivity contribution >= 4 is 46.1 Å². The maximum absolute atomic E-state index is 12.6. The van der Waals surface area contributed by atoms with Gasteiger partial charge in [-0.25, -0.2) is 4.79 Å². The Hall–Kier alpha value is -0.430. The standard InChI is InChI=1S/C14H18BrN3OS.ClH/c15-12-2-1-3-13-11(12)10-18(8-9-20-13)14(19)17-6-4-16-5-7-17;/h1-3,16H,4-10H2;1H. The predicted molar refractivity (Wildman–Crippen MR) is 92.4 cm³/mol. The van der Waals surface area contributed by atoms with Crippen molar-refractivity contribution in [3.05, 3.63) is 28.2 Å². The molecule has 2 aliphatic rings. The molecule has 0 radical (unpaired) electrons. The molecule has 1 aromatic carbocycles. The summed E-state index contributed by atoms with van der Waals surface area (Å²) in [6.07, 6.45) is 0. The lowest BCUT2D eigenvalue weighted by Crippen LogP contribution is -2.51. The highest BCUT2D eigenvalue weighted by Crippen LogP contribution is 2.32. The summed E-state index contributed by atoms with van der Waals surface area (Å²) < 4.78 is 1.10. The Bertz CT molecular complexity index is 511. The van der Waals surface area contributed by atoms with E-state index in [0.29, 0.717) is 6.54 Å². The number of amides is 2. The van der Waals surface area contributed by atoms with Crippen LogP contribution in [0.5, 0.6) is 0 Å². The van der Waals surface area contributed by atoms with Crippen molar-refractivity contribution in [2.75, 3.05) is 38.5 Å². The average Bonchev–Trinajstić information content (AvgIpc) is 2.71. The number of carbonyl (C=O) groups excluding carboxylic acids is 1. The van der Waals surface area contributed by atoms with Crippen molar-refractivity contribution in [2.24, 2.45) is 0 Å². The zero-order valence-electron chi connectivity index (χ0n) is 11.7. The molecule has 2 amide bonds. The van der Waals surface area contributed by atoms with Crippen LogP contribution in [0.3, 0.4) is 0 Å². The van der Waals surface area contributed by atoms with Crippen LogP contribution in [-0.4, -0.2) is 54.3 Å². The van der Waals surface area contributed by atoms with Gasteiger partial charge in [0.05, 0.1) is 0 Å². The number of benzene rings is 1. The van der Waals surface area contributed by atoms with Crippen molar-refractivity contribution in [2.45, 2.75) is 11.4 Å². The van der Waals surface area contributed by atoms with Gasteiger partial charge in [0, 0.05) is 54.4 Å². The van der Waals surface area contributed by atoms with Gasteiger partial charge in [0.2, 0.25) is 0 Å². The zero-order chi connectivity index (χ0) is 13.9. The second kappa shape index (κ2) is 7.72. The van der Waals surface area contributed by atoms with Gasteiger partial charge in [0.1, 0.15) is 0 Å². The van der Waals surface area contributed by atoms with Gasteiger partial charge in [-0.05, 0) is 17.7 Å². The molecule has 2 heterocycles. The highest BCUT2D eigenvalue weighted by Gasteiger charge is 2.25. The van der Waals surface area contributed by atoms with Gasteiger partial charge in [0.25, 0.3) is 0 Å². The molecule has 2 aliphatic heterocycles. The summed E-state index contributed by atoms with van der Waals surface area (Å²) >= 11 is 5.45. The first-order chi connectivity index (χ1) is 9.75. The molecule has 7 heteroatoms. The van der Waals surface area contributed by atoms with Gasteiger partial charge in [-0.15, -0.1) is 24.2 Å². The van der Waals surface area contributed by atoms with Crippen molar-refractivity contribution < 1.29 is 4.79 Å². The summed E-state index contributed by atoms with van der Waals surface area (Å²) in [7, 11) is 0. The van der Waals surface area contributed by atoms with Crippen LogP contribution in [0.25, 0.3) is 0 Å². The lowest BCUT2D eigenvalue weighted by atomic mass is 10.2. The number of hydrogen-bond donors (Lipinski definition) is 1. The molecular formula is C14H19BrClN3OS. The van der Waals surface area contributed by atoms with Crippen LogP contribution < -0.4 is 5.32 Å². The van der Waals surface area contributed by atoms with Crippen LogP contribution in [-0.2, 0) is 6.54 Å². The molecule has 1 N–H and O–H groups in total. The number of nitrogens with zero attached hydrogens (tertiary/aromatic N) is 2. The number of hydrogen-bond acceptors (Lipinski definition) is 3. The summed E-state index contributed by atoms with van der Waals surface area (Å²) in [4.78, 5) is 17.9. The predicted octanol–water partition coefficient (Wildman–Crippen LogP) is 2.80. The van der Waals surface area contributed by atoms with E-state index < -0.39 is 0 Å². The van der Waals surface area contributed by atoms with Gasteiger partial charge >= 0.3 is 6.03 Å². The van der Waals surface area contributed by atoms with E-state index in [1.54, 1.807) is 0 Å². The van der Waals surface area contributed by atoms with Gasteiger partial charge in [0.15, 0.2) is 0 Å². The molecule has 21 heavy (non-hydrogen) atoms. The SMILES string of the molecule is Cl.O=C(N1CCNCC1)N1CCSc2cccc(Br)c2C1. The highest BCUT2D eigenvalue weighted by atomic mass is 79.9. The minimum atomic E-state index is 0. The van der Waals surface area contributed by atoms with Crippen molar-refractivity contribution in [3.63, 3.8) is 0 Å². The number of nitrogens with one attached hydrogen (secondary N) is 1. The van der Waals surface area contributed by atoms with E-state index in [1.807, 2.05) is 21.6 Å². The average molecular weight is 393 g/mol. The Morgan fingerprint density at radius 3 is 2.71 bits per heavy atom. The minimum absolute atomic E-state index is 0. The fraction of sp³-hybridized carbons (Fsp3) is 0.500. The molecule has 0 unspecified atom stereocenters. The number of fused-ring (bicyclic) bond motifs is 1. The number of thioether (sulfide) groups is 1. The smallest absolute Gasteiger partial charge is 0.320 e. The van der Waals surface area contributed by atoms with Crippen LogP contribution in [0.2, 0.25) is 0 Å². The summed E-state index contributed by atoms with van der Waals surface area (Å²) in [5, 5.41) is 3.29. The van der Waals surface area contributed by atoms with E-state index in [0.717, 1.165) is 42.9 Å². The van der Waals surface area contributed by atoms with Gasteiger partial charge < -0.3 is 15.1 Å². The molecule has 0 bridgehead atoms. The Labute approximate surface area is 144 Å². The first-order valence-corrected chi connectivity index (χ1v) is 8.68. The summed E-state index contributed by atoms with van der Waals surface area (Å²) in [6.45, 7) is 4.93. The quantitative estimate of drug-likeness (QED) is 0.737. The fourth-order valence-corrected chi connectivity index (χ4v) is 4.26. The number of carbonyl (C=O) groups is 1. The van der Waals surface area contributed by atoms with Gasteiger partial charge in [-0.2, -0.15) is 0 Å². The monoisotopic (exact) mass is 391 g/mol. The second-order valence-corrected chi connectivity index (χ2v) is 7.00. The number of piperazine rings is 1. The Morgan fingerprint density at radius 2 is 1.95 bits per heavy atom. The second-order valence-electron chi connectivity index (χ2n) is 5.01. The van der Waals surface area contributed by atoms with Crippen molar-refractivity contribution in [3.8, 4) is 0 Å². The molecule has 0 saturated carbocycles. The van der Waals surface area contributed by atoms with Crippen LogP contribution in [0.15, 0.2) is 27.6 Å². The normalized spacial score (nSPS) is 18.5. The molecule has 1 fully saturated rings. The number of urea groups is 1. The van der Waals surface area contributed by atoms with E-state index in [9.17, 15) is 4.79 Å². The molecule has 0 aromatic heterocycles. The van der Waals surface area contributed by atoms with Crippen LogP contribution in [0.1, 0.15) is 5.56 Å². The molecule has 0 atom stereocenters. The Kier molecular flexibility index (Phi) is 6.22. The summed E-state index contributed by atoms with van der Waals surface area (Å²) in [5.74, 6) is 0.960. The third kappa shape index (κ3) is 3.86. The molecule has 1 saturated heterocycles. The van der Waals surface area contributed by atoms with E-state index >= 15 is 0 Å². The van der Waals surface area contributed by atoms with Gasteiger partial charge in [-0.3, -0.25) is 0 Å². The molecule has 0 spiro atoms. The Balaban J connectivity index is 0.00000161. The topological polar surface area (TPSA) is 35.6 Å². The largest absolute Gasteiger partial charge is 0.322 e. The molecule has 116 valence electrons. The Morgan fingerprint density at radius 1 is 1.19 bits per heavy atom. The maximum Gasteiger partial charge on any atom is 0.320 e. The third-order valence-corrected chi connectivity index (χ3v) is 5.52. The van der Waals surface area contributed by atoms with E-state index in [2.05, 4.69) is 39.4 Å². The molecule has 0 aliphatic carbocycles. The highest BCUT2D eigenvalue weighted by molar-refractivity contribution is 9.10. The van der Waals surface area contributed by atoms with Crippen molar-refractivity contribution in [1.82, 2.24) is 15.1 Å². The van der Waals surface area contributed by atoms with Gasteiger partial charge in [-0.1, -0.05) is 22.0 Å². The molecule has 3 rings (SSSR count). The van der Waals surface area contributed by atoms with Crippen molar-refractivity contribution in [1.29, 1.82) is 0 Å². The first kappa shape index (κ1) is 16.9. The third-order valence-electron chi connectivity index (χ3n) is 3.70. The zero-order valence-corrected chi connectivity index (χ0v) is 14.9. The number of halogens is 2. The fourth-order valence-electron chi connectivity index (χ4n) is 2.58. The first-order valence-electron chi connectivity index (χ1n) is 6.90. The van der Waals surface area contributed by atoms with Crippen LogP contribution in [0.4, 0.5) is 4.79 Å². The molecular weight excluding hydrogens is 374 g/mol. The van der Waals surface area contributed by atoms with E-state index in [1.165, 1.54) is 10.5 Å². The molecule has 4 nitrogen and oxygen atoms in total.